The molecule has 4 bridgehead atoms. The lowest BCUT2D eigenvalue weighted by Crippen LogP contribution is -2.49. The molecule has 4 aliphatic carbocycles. The monoisotopic (exact) mass is 391 g/mol. The van der Waals surface area contributed by atoms with Gasteiger partial charge in [0.15, 0.2) is 6.23 Å². The number of aliphatic hydroxyl groups is 3. The number of hydrogen-bond acceptors (Lipinski definition) is 7. The fraction of sp³-hybridized carbons (Fsp3) is 0.800. The number of anilines is 1. The molecule has 4 N–H and O–H groups in total. The largest absolute Gasteiger partial charge is 0.394 e. The molecule has 8 heteroatoms. The topological polar surface area (TPSA) is 117 Å². The van der Waals surface area contributed by atoms with Crippen molar-refractivity contribution in [3.63, 3.8) is 0 Å². The van der Waals surface area contributed by atoms with Gasteiger partial charge in [0.1, 0.15) is 24.1 Å². The standard InChI is InChI=1S/C20H29N3O5/c24-9-14-16(25)17(26)18(28-14)23-2-1-15(22-19(23)27)21-10-20-6-11-3-12(7-20)5-13(4-11)8-20/h1-2,11-14,16-18,24-26H,3-10H2,(H,21,22,27)/t11?,12?,13?,14-,16+,17-,18-,20?/m0/s1. The van der Waals surface area contributed by atoms with Crippen molar-refractivity contribution in [2.24, 2.45) is 23.2 Å². The van der Waals surface area contributed by atoms with Crippen molar-refractivity contribution >= 4 is 5.82 Å². The first-order valence-electron chi connectivity index (χ1n) is 10.4. The van der Waals surface area contributed by atoms with Crippen LogP contribution in [0.25, 0.3) is 0 Å². The van der Waals surface area contributed by atoms with Gasteiger partial charge in [-0.1, -0.05) is 0 Å². The van der Waals surface area contributed by atoms with Crippen LogP contribution in [0.2, 0.25) is 0 Å². The Kier molecular flexibility index (Phi) is 4.50. The van der Waals surface area contributed by atoms with Crippen molar-refractivity contribution in [2.75, 3.05) is 18.5 Å². The summed E-state index contributed by atoms with van der Waals surface area (Å²) in [5.41, 5.74) is -0.209. The first kappa shape index (κ1) is 18.5. The van der Waals surface area contributed by atoms with Crippen LogP contribution in [0.1, 0.15) is 44.8 Å². The average Bonchev–Trinajstić information content (AvgIpc) is 2.94. The minimum atomic E-state index is -1.29. The molecule has 154 valence electrons. The van der Waals surface area contributed by atoms with Crippen molar-refractivity contribution in [1.29, 1.82) is 0 Å². The quantitative estimate of drug-likeness (QED) is 0.577. The Balaban J connectivity index is 1.28. The summed E-state index contributed by atoms with van der Waals surface area (Å²) >= 11 is 0. The van der Waals surface area contributed by atoms with Gasteiger partial charge in [-0.2, -0.15) is 4.98 Å². The lowest BCUT2D eigenvalue weighted by Gasteiger charge is -2.57. The maximum Gasteiger partial charge on any atom is 0.351 e. The second-order valence-electron chi connectivity index (χ2n) is 9.50. The highest BCUT2D eigenvalue weighted by Crippen LogP contribution is 2.59. The molecule has 1 aliphatic heterocycles. The zero-order chi connectivity index (χ0) is 19.5. The van der Waals surface area contributed by atoms with Gasteiger partial charge >= 0.3 is 5.69 Å². The molecular formula is C20H29N3O5. The molecule has 6 rings (SSSR count). The van der Waals surface area contributed by atoms with Crippen molar-refractivity contribution < 1.29 is 20.1 Å². The molecule has 28 heavy (non-hydrogen) atoms. The lowest BCUT2D eigenvalue weighted by atomic mass is 9.49. The Hall–Kier alpha value is -1.48. The molecule has 8 nitrogen and oxygen atoms in total. The van der Waals surface area contributed by atoms with Crippen LogP contribution in [0.4, 0.5) is 5.82 Å². The van der Waals surface area contributed by atoms with Crippen LogP contribution in [-0.4, -0.2) is 56.3 Å². The van der Waals surface area contributed by atoms with Gasteiger partial charge in [0.25, 0.3) is 0 Å². The molecular weight excluding hydrogens is 362 g/mol. The van der Waals surface area contributed by atoms with Gasteiger partial charge in [-0.15, -0.1) is 0 Å². The number of aliphatic hydroxyl groups excluding tert-OH is 3. The molecule has 0 amide bonds. The zero-order valence-electron chi connectivity index (χ0n) is 15.9. The fourth-order valence-corrected chi connectivity index (χ4v) is 6.60. The van der Waals surface area contributed by atoms with E-state index in [1.54, 1.807) is 6.07 Å². The molecule has 2 heterocycles. The van der Waals surface area contributed by atoms with E-state index in [1.165, 1.54) is 49.3 Å². The third-order valence-electron chi connectivity index (χ3n) is 7.43. The van der Waals surface area contributed by atoms with Gasteiger partial charge < -0.3 is 25.4 Å². The van der Waals surface area contributed by atoms with E-state index in [0.717, 1.165) is 24.3 Å². The highest BCUT2D eigenvalue weighted by molar-refractivity contribution is 5.32. The molecule has 1 aromatic rings. The molecule has 0 unspecified atom stereocenters. The Morgan fingerprint density at radius 3 is 2.32 bits per heavy atom. The number of hydrogen-bond donors (Lipinski definition) is 4. The highest BCUT2D eigenvalue weighted by Gasteiger charge is 2.50. The fourth-order valence-electron chi connectivity index (χ4n) is 6.60. The van der Waals surface area contributed by atoms with E-state index in [0.29, 0.717) is 11.2 Å². The maximum absolute atomic E-state index is 12.5. The summed E-state index contributed by atoms with van der Waals surface area (Å²) in [6.07, 6.45) is 5.08. The Morgan fingerprint density at radius 2 is 1.79 bits per heavy atom. The van der Waals surface area contributed by atoms with Crippen molar-refractivity contribution in [3.05, 3.63) is 22.7 Å². The smallest absolute Gasteiger partial charge is 0.351 e. The predicted molar refractivity (Wildman–Crippen MR) is 101 cm³/mol. The van der Waals surface area contributed by atoms with Crippen molar-refractivity contribution in [1.82, 2.24) is 9.55 Å². The van der Waals surface area contributed by atoms with Crippen LogP contribution in [0, 0.1) is 23.2 Å². The lowest BCUT2D eigenvalue weighted by molar-refractivity contribution is -0.0549. The number of rotatable bonds is 5. The Bertz CT molecular complexity index is 761. The summed E-state index contributed by atoms with van der Waals surface area (Å²) in [7, 11) is 0. The summed E-state index contributed by atoms with van der Waals surface area (Å²) < 4.78 is 6.59. The minimum absolute atomic E-state index is 0.342. The van der Waals surface area contributed by atoms with Gasteiger partial charge in [0, 0.05) is 12.7 Å². The van der Waals surface area contributed by atoms with Crippen LogP contribution < -0.4 is 11.0 Å². The summed E-state index contributed by atoms with van der Waals surface area (Å²) in [5.74, 6) is 3.16. The van der Waals surface area contributed by atoms with Crippen LogP contribution in [0.15, 0.2) is 17.1 Å². The third-order valence-corrected chi connectivity index (χ3v) is 7.43. The van der Waals surface area contributed by atoms with Crippen LogP contribution in [0.5, 0.6) is 0 Å². The molecule has 0 radical (unpaired) electrons. The van der Waals surface area contributed by atoms with E-state index >= 15 is 0 Å². The van der Waals surface area contributed by atoms with E-state index in [4.69, 9.17) is 4.74 Å². The minimum Gasteiger partial charge on any atom is -0.394 e. The summed E-state index contributed by atoms with van der Waals surface area (Å²) in [6.45, 7) is 0.419. The molecule has 1 aromatic heterocycles. The molecule has 5 aliphatic rings. The predicted octanol–water partition coefficient (Wildman–Crippen LogP) is 0.483. The van der Waals surface area contributed by atoms with E-state index in [9.17, 15) is 20.1 Å². The highest BCUT2D eigenvalue weighted by atomic mass is 16.6. The van der Waals surface area contributed by atoms with E-state index < -0.39 is 36.8 Å². The van der Waals surface area contributed by atoms with Gasteiger partial charge in [-0.3, -0.25) is 4.57 Å². The normalized spacial score (nSPS) is 44.2. The first-order chi connectivity index (χ1) is 13.5. The molecule has 5 fully saturated rings. The average molecular weight is 391 g/mol. The first-order valence-corrected chi connectivity index (χ1v) is 10.4. The Labute approximate surface area is 163 Å². The summed E-state index contributed by atoms with van der Waals surface area (Å²) in [4.78, 5) is 16.6. The zero-order valence-corrected chi connectivity index (χ0v) is 15.9. The van der Waals surface area contributed by atoms with Gasteiger partial charge in [-0.05, 0) is 67.8 Å². The van der Waals surface area contributed by atoms with Gasteiger partial charge in [0.2, 0.25) is 0 Å². The molecule has 4 saturated carbocycles. The molecule has 0 aromatic carbocycles. The van der Waals surface area contributed by atoms with Gasteiger partial charge in [-0.25, -0.2) is 4.79 Å². The second kappa shape index (κ2) is 6.79. The van der Waals surface area contributed by atoms with Crippen LogP contribution in [0.3, 0.4) is 0 Å². The molecule has 1 saturated heterocycles. The van der Waals surface area contributed by atoms with Crippen LogP contribution in [-0.2, 0) is 4.74 Å². The van der Waals surface area contributed by atoms with E-state index in [1.807, 2.05) is 0 Å². The summed E-state index contributed by atoms with van der Waals surface area (Å²) in [5, 5.41) is 32.6. The van der Waals surface area contributed by atoms with E-state index in [-0.39, 0.29) is 0 Å². The second-order valence-corrected chi connectivity index (χ2v) is 9.50. The third kappa shape index (κ3) is 3.07. The summed E-state index contributed by atoms with van der Waals surface area (Å²) in [6, 6.07) is 1.71. The maximum atomic E-state index is 12.5. The SMILES string of the molecule is O=c1nc(NCC23CC4CC(CC(C4)C2)C3)ccn1[C@H]1O[C@@H](CO)[C@@H](O)[C@@H]1O. The number of nitrogens with one attached hydrogen (secondary N) is 1. The van der Waals surface area contributed by atoms with Crippen LogP contribution >= 0.6 is 0 Å². The molecule has 4 atom stereocenters. The Morgan fingerprint density at radius 1 is 1.14 bits per heavy atom. The number of ether oxygens (including phenoxy) is 1. The number of nitrogens with zero attached hydrogens (tertiary/aromatic N) is 2. The van der Waals surface area contributed by atoms with Crippen molar-refractivity contribution in [2.45, 2.75) is 63.1 Å². The van der Waals surface area contributed by atoms with Crippen molar-refractivity contribution in [3.8, 4) is 0 Å². The van der Waals surface area contributed by atoms with Gasteiger partial charge in [0.05, 0.1) is 6.61 Å². The molecule has 0 spiro atoms. The number of aromatic nitrogens is 2. The van der Waals surface area contributed by atoms with E-state index in [2.05, 4.69) is 10.3 Å².